The van der Waals surface area contributed by atoms with Crippen molar-refractivity contribution in [2.45, 2.75) is 52.4 Å². The van der Waals surface area contributed by atoms with Crippen molar-refractivity contribution < 1.29 is 14.0 Å². The van der Waals surface area contributed by atoms with Crippen LogP contribution in [-0.2, 0) is 9.59 Å². The van der Waals surface area contributed by atoms with Crippen molar-refractivity contribution >= 4 is 23.2 Å². The minimum absolute atomic E-state index is 0.0116. The molecule has 0 bridgehead atoms. The highest BCUT2D eigenvalue weighted by Crippen LogP contribution is 2.33. The van der Waals surface area contributed by atoms with Crippen molar-refractivity contribution in [3.05, 3.63) is 59.4 Å². The van der Waals surface area contributed by atoms with E-state index in [-0.39, 0.29) is 17.6 Å². The molecule has 2 aromatic rings. The smallest absolute Gasteiger partial charge is 0.224 e. The summed E-state index contributed by atoms with van der Waals surface area (Å²) in [7, 11) is 0. The maximum absolute atomic E-state index is 13.0. The van der Waals surface area contributed by atoms with Gasteiger partial charge in [-0.25, -0.2) is 4.39 Å². The Labute approximate surface area is 171 Å². The zero-order valence-corrected chi connectivity index (χ0v) is 17.1. The number of carbonyl (C=O) groups excluding carboxylic acids is 2. The fourth-order valence-corrected chi connectivity index (χ4v) is 3.12. The van der Waals surface area contributed by atoms with Crippen molar-refractivity contribution in [2.24, 2.45) is 11.8 Å². The van der Waals surface area contributed by atoms with E-state index in [0.29, 0.717) is 30.4 Å². The third kappa shape index (κ3) is 8.06. The molecule has 4 rings (SSSR count). The number of hydrogen-bond acceptors (Lipinski definition) is 2. The molecule has 2 aliphatic rings. The molecular formula is C24H29FN2O2. The van der Waals surface area contributed by atoms with Crippen LogP contribution < -0.4 is 10.6 Å². The van der Waals surface area contributed by atoms with Crippen LogP contribution >= 0.6 is 0 Å². The van der Waals surface area contributed by atoms with Gasteiger partial charge in [0.05, 0.1) is 0 Å². The number of anilines is 2. The Bertz CT molecular complexity index is 853. The van der Waals surface area contributed by atoms with E-state index < -0.39 is 0 Å². The molecule has 2 N–H and O–H groups in total. The summed E-state index contributed by atoms with van der Waals surface area (Å²) in [6, 6.07) is 12.5. The van der Waals surface area contributed by atoms with Gasteiger partial charge in [-0.3, -0.25) is 9.59 Å². The molecule has 0 saturated heterocycles. The Morgan fingerprint density at radius 2 is 1.38 bits per heavy atom. The molecule has 29 heavy (non-hydrogen) atoms. The van der Waals surface area contributed by atoms with Gasteiger partial charge in [-0.05, 0) is 92.8 Å². The average molecular weight is 397 g/mol. The number of nitrogens with one attached hydrogen (secondary N) is 2. The van der Waals surface area contributed by atoms with Gasteiger partial charge in [0.2, 0.25) is 11.8 Å². The minimum atomic E-state index is -0.309. The van der Waals surface area contributed by atoms with Crippen LogP contribution in [0.3, 0.4) is 0 Å². The Balaban J connectivity index is 0.000000166. The predicted molar refractivity (Wildman–Crippen MR) is 114 cm³/mol. The number of carbonyl (C=O) groups is 2. The van der Waals surface area contributed by atoms with Crippen LogP contribution in [-0.4, -0.2) is 11.8 Å². The van der Waals surface area contributed by atoms with Gasteiger partial charge in [-0.1, -0.05) is 12.1 Å². The van der Waals surface area contributed by atoms with Gasteiger partial charge in [0, 0.05) is 24.2 Å². The molecule has 2 fully saturated rings. The van der Waals surface area contributed by atoms with Gasteiger partial charge in [0.15, 0.2) is 0 Å². The lowest BCUT2D eigenvalue weighted by molar-refractivity contribution is -0.117. The van der Waals surface area contributed by atoms with Crippen LogP contribution in [0.25, 0.3) is 0 Å². The lowest BCUT2D eigenvalue weighted by Crippen LogP contribution is -2.12. The quantitative estimate of drug-likeness (QED) is 0.667. The second-order valence-electron chi connectivity index (χ2n) is 8.28. The first kappa shape index (κ1) is 21.0. The van der Waals surface area contributed by atoms with Crippen LogP contribution in [0, 0.1) is 31.5 Å². The molecule has 0 aliphatic heterocycles. The third-order valence-corrected chi connectivity index (χ3v) is 4.97. The van der Waals surface area contributed by atoms with Gasteiger partial charge in [0.1, 0.15) is 5.82 Å². The molecule has 0 aromatic heterocycles. The fraction of sp³-hybridized carbons (Fsp3) is 0.417. The van der Waals surface area contributed by atoms with Crippen LogP contribution in [0.5, 0.6) is 0 Å². The maximum atomic E-state index is 13.0. The lowest BCUT2D eigenvalue weighted by atomic mass is 10.2. The van der Waals surface area contributed by atoms with E-state index in [1.165, 1.54) is 30.5 Å². The monoisotopic (exact) mass is 396 g/mol. The Hall–Kier alpha value is -2.69. The molecule has 154 valence electrons. The van der Waals surface area contributed by atoms with Crippen LogP contribution in [0.2, 0.25) is 0 Å². The molecule has 0 spiro atoms. The van der Waals surface area contributed by atoms with Crippen molar-refractivity contribution in [1.29, 1.82) is 0 Å². The Morgan fingerprint density at radius 3 is 1.90 bits per heavy atom. The second-order valence-corrected chi connectivity index (χ2v) is 8.28. The zero-order valence-electron chi connectivity index (χ0n) is 17.1. The van der Waals surface area contributed by atoms with Gasteiger partial charge in [0.25, 0.3) is 0 Å². The molecule has 0 unspecified atom stereocenters. The topological polar surface area (TPSA) is 58.2 Å². The van der Waals surface area contributed by atoms with Crippen molar-refractivity contribution in [1.82, 2.24) is 0 Å². The van der Waals surface area contributed by atoms with E-state index in [2.05, 4.69) is 10.6 Å². The second kappa shape index (κ2) is 9.68. The molecule has 2 aromatic carbocycles. The van der Waals surface area contributed by atoms with Gasteiger partial charge >= 0.3 is 0 Å². The number of benzene rings is 2. The number of aryl methyl sites for hydroxylation is 2. The van der Waals surface area contributed by atoms with Crippen LogP contribution in [0.1, 0.15) is 49.7 Å². The highest BCUT2D eigenvalue weighted by atomic mass is 19.1. The summed E-state index contributed by atoms with van der Waals surface area (Å²) in [4.78, 5) is 22.9. The molecule has 0 heterocycles. The largest absolute Gasteiger partial charge is 0.326 e. The number of rotatable bonds is 6. The molecule has 2 amide bonds. The highest BCUT2D eigenvalue weighted by molar-refractivity contribution is 5.91. The molecule has 2 saturated carbocycles. The summed E-state index contributed by atoms with van der Waals surface area (Å²) in [6.07, 6.45) is 6.00. The first-order valence-electron chi connectivity index (χ1n) is 10.3. The van der Waals surface area contributed by atoms with Gasteiger partial charge in [-0.2, -0.15) is 0 Å². The van der Waals surface area contributed by atoms with Crippen molar-refractivity contribution in [3.8, 4) is 0 Å². The van der Waals surface area contributed by atoms with Gasteiger partial charge < -0.3 is 10.6 Å². The minimum Gasteiger partial charge on any atom is -0.326 e. The average Bonchev–Trinajstić information content (AvgIpc) is 3.52. The Morgan fingerprint density at radius 1 is 0.828 bits per heavy atom. The SMILES string of the molecule is Cc1cc(F)cc(NC(=O)CC2CC2)c1.Cc1cccc(NC(=O)CC2CC2)c1. The Kier molecular flexibility index (Phi) is 7.02. The summed E-state index contributed by atoms with van der Waals surface area (Å²) in [5, 5.41) is 5.63. The molecule has 0 radical (unpaired) electrons. The van der Waals surface area contributed by atoms with E-state index >= 15 is 0 Å². The number of hydrogen-bond donors (Lipinski definition) is 2. The molecule has 5 heteroatoms. The van der Waals surface area contributed by atoms with E-state index in [4.69, 9.17) is 0 Å². The van der Waals surface area contributed by atoms with E-state index in [0.717, 1.165) is 24.1 Å². The fourth-order valence-electron chi connectivity index (χ4n) is 3.12. The van der Waals surface area contributed by atoms with Crippen molar-refractivity contribution in [2.75, 3.05) is 10.6 Å². The van der Waals surface area contributed by atoms with E-state index in [9.17, 15) is 14.0 Å². The molecular weight excluding hydrogens is 367 g/mol. The molecule has 0 atom stereocenters. The third-order valence-electron chi connectivity index (χ3n) is 4.97. The van der Waals surface area contributed by atoms with E-state index in [1.54, 1.807) is 13.0 Å². The predicted octanol–water partition coefficient (Wildman–Crippen LogP) is 5.61. The molecule has 4 nitrogen and oxygen atoms in total. The number of amides is 2. The van der Waals surface area contributed by atoms with E-state index in [1.807, 2.05) is 31.2 Å². The van der Waals surface area contributed by atoms with Gasteiger partial charge in [-0.15, -0.1) is 0 Å². The van der Waals surface area contributed by atoms with Crippen molar-refractivity contribution in [3.63, 3.8) is 0 Å². The first-order chi connectivity index (χ1) is 13.9. The lowest BCUT2D eigenvalue weighted by Gasteiger charge is -2.05. The summed E-state index contributed by atoms with van der Waals surface area (Å²) in [5.74, 6) is 1.04. The zero-order chi connectivity index (χ0) is 20.8. The molecule has 2 aliphatic carbocycles. The first-order valence-corrected chi connectivity index (χ1v) is 10.3. The van der Waals surface area contributed by atoms with Crippen LogP contribution in [0.15, 0.2) is 42.5 Å². The van der Waals surface area contributed by atoms with Crippen LogP contribution in [0.4, 0.5) is 15.8 Å². The highest BCUT2D eigenvalue weighted by Gasteiger charge is 2.25. The normalized spacial score (nSPS) is 15.1. The summed E-state index contributed by atoms with van der Waals surface area (Å²) < 4.78 is 13.0. The number of halogens is 1. The maximum Gasteiger partial charge on any atom is 0.224 e. The summed E-state index contributed by atoms with van der Waals surface area (Å²) in [5.41, 5.74) is 3.46. The summed E-state index contributed by atoms with van der Waals surface area (Å²) >= 11 is 0. The summed E-state index contributed by atoms with van der Waals surface area (Å²) in [6.45, 7) is 3.83. The standard InChI is InChI=1S/C12H14FNO.C12H15NO/c1-8-4-10(13)7-11(5-8)14-12(15)6-9-2-3-9;1-9-3-2-4-11(7-9)13-12(14)8-10-5-6-10/h4-5,7,9H,2-3,6H2,1H3,(H,14,15);2-4,7,10H,5-6,8H2,1H3,(H,13,14).